The van der Waals surface area contributed by atoms with Crippen LogP contribution in [0.15, 0.2) is 29.3 Å². The molecule has 0 bridgehead atoms. The summed E-state index contributed by atoms with van der Waals surface area (Å²) in [6, 6.07) is 2.26. The predicted molar refractivity (Wildman–Crippen MR) is 60.2 cm³/mol. The molecule has 0 heterocycles. The average Bonchev–Trinajstić information content (AvgIpc) is 2.45. The van der Waals surface area contributed by atoms with Gasteiger partial charge >= 0.3 is 0 Å². The Hall–Kier alpha value is -0.770. The van der Waals surface area contributed by atoms with E-state index < -0.39 is 11.7 Å². The van der Waals surface area contributed by atoms with Crippen LogP contribution < -0.4 is 0 Å². The van der Waals surface area contributed by atoms with Crippen LogP contribution in [-0.4, -0.2) is 0 Å². The fourth-order valence-corrected chi connectivity index (χ4v) is 2.88. The van der Waals surface area contributed by atoms with E-state index >= 15 is 0 Å². The lowest BCUT2D eigenvalue weighted by Gasteiger charge is -2.10. The van der Waals surface area contributed by atoms with Gasteiger partial charge in [-0.2, -0.15) is 0 Å². The molecule has 86 valence electrons. The first kappa shape index (κ1) is 11.7. The molecule has 0 radical (unpaired) electrons. The van der Waals surface area contributed by atoms with Crippen molar-refractivity contribution in [1.82, 2.24) is 0 Å². The standard InChI is InChI=1S/C12H10BrF3/c1-2-3-7-6-12(15,16)8-4-5-9(14)11(13)10(7)8/h2,4-5,7H,1,3,6H2. The van der Waals surface area contributed by atoms with Gasteiger partial charge in [-0.3, -0.25) is 0 Å². The molecule has 1 unspecified atom stereocenters. The van der Waals surface area contributed by atoms with Crippen LogP contribution in [-0.2, 0) is 5.92 Å². The highest BCUT2D eigenvalue weighted by molar-refractivity contribution is 9.10. The molecule has 0 saturated carbocycles. The van der Waals surface area contributed by atoms with Gasteiger partial charge in [0.2, 0.25) is 0 Å². The molecule has 4 heteroatoms. The van der Waals surface area contributed by atoms with Crippen molar-refractivity contribution in [3.63, 3.8) is 0 Å². The average molecular weight is 291 g/mol. The lowest BCUT2D eigenvalue weighted by molar-refractivity contribution is -0.00663. The SMILES string of the molecule is C=CCC1CC(F)(F)c2ccc(F)c(Br)c21. The summed E-state index contributed by atoms with van der Waals surface area (Å²) in [4.78, 5) is 0. The van der Waals surface area contributed by atoms with Gasteiger partial charge in [-0.25, -0.2) is 13.2 Å². The van der Waals surface area contributed by atoms with E-state index in [-0.39, 0.29) is 22.4 Å². The Morgan fingerprint density at radius 2 is 2.19 bits per heavy atom. The third kappa shape index (κ3) is 1.69. The van der Waals surface area contributed by atoms with Gasteiger partial charge in [0.1, 0.15) is 5.82 Å². The first-order valence-electron chi connectivity index (χ1n) is 4.94. The molecule has 0 N–H and O–H groups in total. The first-order valence-corrected chi connectivity index (χ1v) is 5.73. The van der Waals surface area contributed by atoms with Crippen LogP contribution in [0.2, 0.25) is 0 Å². The van der Waals surface area contributed by atoms with Crippen LogP contribution in [0.5, 0.6) is 0 Å². The summed E-state index contributed by atoms with van der Waals surface area (Å²) < 4.78 is 40.8. The maximum absolute atomic E-state index is 13.6. The number of alkyl halides is 2. The van der Waals surface area contributed by atoms with Crippen LogP contribution in [0.25, 0.3) is 0 Å². The number of hydrogen-bond donors (Lipinski definition) is 0. The summed E-state index contributed by atoms with van der Waals surface area (Å²) in [5.74, 6) is -3.71. The lowest BCUT2D eigenvalue weighted by atomic mass is 9.98. The van der Waals surface area contributed by atoms with Crippen molar-refractivity contribution in [3.8, 4) is 0 Å². The second-order valence-electron chi connectivity index (χ2n) is 3.95. The lowest BCUT2D eigenvalue weighted by Crippen LogP contribution is -2.07. The molecule has 0 aromatic heterocycles. The molecule has 1 aromatic carbocycles. The minimum absolute atomic E-state index is 0.0624. The van der Waals surface area contributed by atoms with E-state index in [4.69, 9.17) is 0 Å². The fraction of sp³-hybridized carbons (Fsp3) is 0.333. The maximum Gasteiger partial charge on any atom is 0.274 e. The summed E-state index contributed by atoms with van der Waals surface area (Å²) >= 11 is 3.05. The summed E-state index contributed by atoms with van der Waals surface area (Å²) in [6.07, 6.45) is 1.76. The van der Waals surface area contributed by atoms with Crippen molar-refractivity contribution >= 4 is 15.9 Å². The molecule has 2 rings (SSSR count). The van der Waals surface area contributed by atoms with Crippen LogP contribution >= 0.6 is 15.9 Å². The van der Waals surface area contributed by atoms with Gasteiger partial charge in [0.05, 0.1) is 4.47 Å². The minimum atomic E-state index is -2.86. The van der Waals surface area contributed by atoms with Crippen LogP contribution in [0.4, 0.5) is 13.2 Å². The molecule has 16 heavy (non-hydrogen) atoms. The number of rotatable bonds is 2. The predicted octanol–water partition coefficient (Wildman–Crippen LogP) is 4.74. The Morgan fingerprint density at radius 3 is 2.81 bits per heavy atom. The molecule has 1 aromatic rings. The zero-order valence-electron chi connectivity index (χ0n) is 8.44. The van der Waals surface area contributed by atoms with Crippen LogP contribution in [0.1, 0.15) is 29.9 Å². The quantitative estimate of drug-likeness (QED) is 0.690. The number of allylic oxidation sites excluding steroid dienone is 1. The number of fused-ring (bicyclic) bond motifs is 1. The van der Waals surface area contributed by atoms with E-state index in [2.05, 4.69) is 22.5 Å². The molecule has 1 aliphatic carbocycles. The Balaban J connectivity index is 2.59. The Bertz CT molecular complexity index is 440. The Kier molecular flexibility index (Phi) is 2.86. The largest absolute Gasteiger partial charge is 0.274 e. The van der Waals surface area contributed by atoms with Crippen molar-refractivity contribution in [1.29, 1.82) is 0 Å². The first-order chi connectivity index (χ1) is 7.47. The number of hydrogen-bond acceptors (Lipinski definition) is 0. The zero-order valence-corrected chi connectivity index (χ0v) is 10.0. The second-order valence-corrected chi connectivity index (χ2v) is 4.75. The molecule has 1 atom stereocenters. The van der Waals surface area contributed by atoms with Crippen molar-refractivity contribution in [2.45, 2.75) is 24.7 Å². The van der Waals surface area contributed by atoms with Crippen molar-refractivity contribution in [2.24, 2.45) is 0 Å². The van der Waals surface area contributed by atoms with E-state index in [1.165, 1.54) is 6.07 Å². The van der Waals surface area contributed by atoms with E-state index in [1.54, 1.807) is 6.08 Å². The van der Waals surface area contributed by atoms with Crippen molar-refractivity contribution in [3.05, 3.63) is 46.2 Å². The highest BCUT2D eigenvalue weighted by Gasteiger charge is 2.45. The van der Waals surface area contributed by atoms with Crippen molar-refractivity contribution < 1.29 is 13.2 Å². The van der Waals surface area contributed by atoms with Gasteiger partial charge < -0.3 is 0 Å². The third-order valence-electron chi connectivity index (χ3n) is 2.89. The molecular formula is C12H10BrF3. The second kappa shape index (κ2) is 3.91. The molecule has 0 saturated heterocycles. The van der Waals surface area contributed by atoms with Crippen LogP contribution in [0.3, 0.4) is 0 Å². The smallest absolute Gasteiger partial charge is 0.206 e. The molecule has 0 nitrogen and oxygen atoms in total. The van der Waals surface area contributed by atoms with E-state index in [0.29, 0.717) is 12.0 Å². The van der Waals surface area contributed by atoms with Gasteiger partial charge in [0, 0.05) is 12.0 Å². The Morgan fingerprint density at radius 1 is 1.50 bits per heavy atom. The minimum Gasteiger partial charge on any atom is -0.206 e. The summed E-state index contributed by atoms with van der Waals surface area (Å²) in [5.41, 5.74) is 0.331. The molecule has 0 fully saturated rings. The van der Waals surface area contributed by atoms with Gasteiger partial charge in [-0.05, 0) is 46.0 Å². The molecular weight excluding hydrogens is 281 g/mol. The van der Waals surface area contributed by atoms with E-state index in [1.807, 2.05) is 0 Å². The zero-order chi connectivity index (χ0) is 11.9. The number of halogens is 4. The summed E-state index contributed by atoms with van der Waals surface area (Å²) in [7, 11) is 0. The number of benzene rings is 1. The molecule has 0 amide bonds. The van der Waals surface area contributed by atoms with Crippen LogP contribution in [0, 0.1) is 5.82 Å². The fourth-order valence-electron chi connectivity index (χ4n) is 2.21. The van der Waals surface area contributed by atoms with E-state index in [0.717, 1.165) is 6.07 Å². The summed E-state index contributed by atoms with van der Waals surface area (Å²) in [6.45, 7) is 3.54. The van der Waals surface area contributed by atoms with Gasteiger partial charge in [0.25, 0.3) is 5.92 Å². The monoisotopic (exact) mass is 290 g/mol. The maximum atomic E-state index is 13.6. The topological polar surface area (TPSA) is 0 Å². The third-order valence-corrected chi connectivity index (χ3v) is 3.69. The van der Waals surface area contributed by atoms with Gasteiger partial charge in [0.15, 0.2) is 0 Å². The highest BCUT2D eigenvalue weighted by atomic mass is 79.9. The van der Waals surface area contributed by atoms with Gasteiger partial charge in [-0.15, -0.1) is 6.58 Å². The Labute approximate surface area is 100 Å². The van der Waals surface area contributed by atoms with Crippen molar-refractivity contribution in [2.75, 3.05) is 0 Å². The highest BCUT2D eigenvalue weighted by Crippen LogP contribution is 2.52. The van der Waals surface area contributed by atoms with E-state index in [9.17, 15) is 13.2 Å². The normalized spacial score (nSPS) is 21.9. The van der Waals surface area contributed by atoms with Gasteiger partial charge in [-0.1, -0.05) is 6.08 Å². The molecule has 0 spiro atoms. The summed E-state index contributed by atoms with van der Waals surface area (Å²) in [5, 5.41) is 0. The molecule has 1 aliphatic rings. The molecule has 0 aliphatic heterocycles.